The van der Waals surface area contributed by atoms with Crippen LogP contribution >= 0.6 is 0 Å². The van der Waals surface area contributed by atoms with Gasteiger partial charge in [0, 0.05) is 24.6 Å². The number of aryl methyl sites for hydroxylation is 2. The van der Waals surface area contributed by atoms with Crippen LogP contribution in [0.1, 0.15) is 17.9 Å². The summed E-state index contributed by atoms with van der Waals surface area (Å²) in [6.45, 7) is 2.33. The molecule has 1 aliphatic heterocycles. The Balaban J connectivity index is 1.33. The van der Waals surface area contributed by atoms with Gasteiger partial charge in [0.05, 0.1) is 10.9 Å². The third kappa shape index (κ3) is 3.24. The van der Waals surface area contributed by atoms with E-state index in [0.29, 0.717) is 47.0 Å². The zero-order valence-electron chi connectivity index (χ0n) is 16.2. The largest absolute Gasteiger partial charge is 0.454 e. The maximum absolute atomic E-state index is 12.8. The van der Waals surface area contributed by atoms with E-state index in [0.717, 1.165) is 11.1 Å². The number of aromatic amines is 1. The predicted molar refractivity (Wildman–Crippen MR) is 108 cm³/mol. The molecule has 0 amide bonds. The van der Waals surface area contributed by atoms with Crippen molar-refractivity contribution in [3.05, 3.63) is 68.7 Å². The van der Waals surface area contributed by atoms with E-state index in [-0.39, 0.29) is 18.9 Å². The van der Waals surface area contributed by atoms with Crippen molar-refractivity contribution in [2.24, 2.45) is 0 Å². The van der Waals surface area contributed by atoms with E-state index in [1.165, 1.54) is 4.57 Å². The summed E-state index contributed by atoms with van der Waals surface area (Å²) in [4.78, 5) is 32.3. The van der Waals surface area contributed by atoms with Crippen molar-refractivity contribution >= 4 is 10.9 Å². The molecule has 0 spiro atoms. The standard InChI is InChI=1S/C21H18N4O5/c1-12-4-6-13(7-5-12)19-23-18(30-24-19)3-2-8-25-20(26)14-9-16-17(29-11-28-16)10-15(14)22-21(25)27/h4-7,9-10H,2-3,8,11H2,1H3,(H,22,27). The van der Waals surface area contributed by atoms with Crippen LogP contribution in [0.5, 0.6) is 11.5 Å². The molecular weight excluding hydrogens is 388 g/mol. The van der Waals surface area contributed by atoms with Gasteiger partial charge < -0.3 is 19.0 Å². The highest BCUT2D eigenvalue weighted by Gasteiger charge is 2.17. The van der Waals surface area contributed by atoms with Crippen molar-refractivity contribution in [2.75, 3.05) is 6.79 Å². The molecule has 5 rings (SSSR count). The van der Waals surface area contributed by atoms with Crippen molar-refractivity contribution in [1.82, 2.24) is 19.7 Å². The Morgan fingerprint density at radius 2 is 1.87 bits per heavy atom. The number of H-pyrrole nitrogens is 1. The smallest absolute Gasteiger partial charge is 0.328 e. The van der Waals surface area contributed by atoms with Crippen LogP contribution in [0.2, 0.25) is 0 Å². The summed E-state index contributed by atoms with van der Waals surface area (Å²) in [7, 11) is 0. The van der Waals surface area contributed by atoms with E-state index in [2.05, 4.69) is 15.1 Å². The second kappa shape index (κ2) is 7.18. The Kier molecular flexibility index (Phi) is 4.35. The van der Waals surface area contributed by atoms with E-state index < -0.39 is 5.69 Å². The van der Waals surface area contributed by atoms with Crippen LogP contribution in [0.3, 0.4) is 0 Å². The van der Waals surface area contributed by atoms with Crippen LogP contribution < -0.4 is 20.7 Å². The number of aromatic nitrogens is 4. The Morgan fingerprint density at radius 3 is 2.67 bits per heavy atom. The van der Waals surface area contributed by atoms with Crippen LogP contribution in [0.25, 0.3) is 22.3 Å². The highest BCUT2D eigenvalue weighted by molar-refractivity contribution is 5.81. The first-order valence-corrected chi connectivity index (χ1v) is 9.54. The maximum atomic E-state index is 12.8. The number of fused-ring (bicyclic) bond motifs is 2. The van der Waals surface area contributed by atoms with Gasteiger partial charge in [-0.3, -0.25) is 9.36 Å². The molecule has 0 saturated heterocycles. The second-order valence-corrected chi connectivity index (χ2v) is 7.12. The molecular formula is C21H18N4O5. The molecule has 2 aromatic carbocycles. The van der Waals surface area contributed by atoms with Gasteiger partial charge in [-0.2, -0.15) is 4.98 Å². The molecule has 0 fully saturated rings. The summed E-state index contributed by atoms with van der Waals surface area (Å²) >= 11 is 0. The number of nitrogens with one attached hydrogen (secondary N) is 1. The summed E-state index contributed by atoms with van der Waals surface area (Å²) in [5, 5.41) is 4.38. The van der Waals surface area contributed by atoms with E-state index in [1.807, 2.05) is 31.2 Å². The quantitative estimate of drug-likeness (QED) is 0.542. The molecule has 1 aliphatic rings. The Labute approximate surface area is 169 Å². The third-order valence-electron chi connectivity index (χ3n) is 5.03. The minimum absolute atomic E-state index is 0.0961. The van der Waals surface area contributed by atoms with Crippen LogP contribution in [0.4, 0.5) is 0 Å². The minimum Gasteiger partial charge on any atom is -0.454 e. The summed E-state index contributed by atoms with van der Waals surface area (Å²) < 4.78 is 17.1. The van der Waals surface area contributed by atoms with Gasteiger partial charge in [-0.1, -0.05) is 35.0 Å². The molecule has 2 aromatic heterocycles. The van der Waals surface area contributed by atoms with Gasteiger partial charge in [0.1, 0.15) is 0 Å². The normalized spacial score (nSPS) is 12.6. The molecule has 0 unspecified atom stereocenters. The zero-order chi connectivity index (χ0) is 20.7. The van der Waals surface area contributed by atoms with Crippen molar-refractivity contribution in [2.45, 2.75) is 26.3 Å². The Hall–Kier alpha value is -3.88. The van der Waals surface area contributed by atoms with Gasteiger partial charge in [0.15, 0.2) is 11.5 Å². The van der Waals surface area contributed by atoms with E-state index in [1.54, 1.807) is 12.1 Å². The van der Waals surface area contributed by atoms with E-state index in [9.17, 15) is 9.59 Å². The molecule has 30 heavy (non-hydrogen) atoms. The molecule has 0 bridgehead atoms. The number of ether oxygens (including phenoxy) is 2. The number of benzene rings is 2. The Bertz CT molecular complexity index is 1350. The summed E-state index contributed by atoms with van der Waals surface area (Å²) in [6.07, 6.45) is 0.943. The predicted octanol–water partition coefficient (Wildman–Crippen LogP) is 2.41. The fourth-order valence-electron chi connectivity index (χ4n) is 3.41. The van der Waals surface area contributed by atoms with Gasteiger partial charge in [-0.25, -0.2) is 4.79 Å². The first kappa shape index (κ1) is 18.2. The molecule has 0 aliphatic carbocycles. The molecule has 0 radical (unpaired) electrons. The van der Waals surface area contributed by atoms with E-state index in [4.69, 9.17) is 14.0 Å². The first-order valence-electron chi connectivity index (χ1n) is 9.54. The lowest BCUT2D eigenvalue weighted by Crippen LogP contribution is -2.35. The average molecular weight is 406 g/mol. The monoisotopic (exact) mass is 406 g/mol. The number of hydrogen-bond donors (Lipinski definition) is 1. The average Bonchev–Trinajstić information content (AvgIpc) is 3.39. The van der Waals surface area contributed by atoms with Gasteiger partial charge >= 0.3 is 5.69 Å². The summed E-state index contributed by atoms with van der Waals surface area (Å²) in [6, 6.07) is 11.0. The van der Waals surface area contributed by atoms with Gasteiger partial charge in [-0.15, -0.1) is 0 Å². The van der Waals surface area contributed by atoms with Crippen LogP contribution in [0.15, 0.2) is 50.5 Å². The van der Waals surface area contributed by atoms with Crippen LogP contribution in [0, 0.1) is 6.92 Å². The highest BCUT2D eigenvalue weighted by atomic mass is 16.7. The lowest BCUT2D eigenvalue weighted by atomic mass is 10.1. The van der Waals surface area contributed by atoms with Crippen molar-refractivity contribution < 1.29 is 14.0 Å². The van der Waals surface area contributed by atoms with Crippen LogP contribution in [-0.2, 0) is 13.0 Å². The summed E-state index contributed by atoms with van der Waals surface area (Å²) in [5.41, 5.74) is 1.59. The van der Waals surface area contributed by atoms with Crippen LogP contribution in [-0.4, -0.2) is 26.5 Å². The molecule has 4 aromatic rings. The first-order chi connectivity index (χ1) is 14.6. The molecule has 0 atom stereocenters. The van der Waals surface area contributed by atoms with Crippen molar-refractivity contribution in [3.8, 4) is 22.9 Å². The number of rotatable bonds is 5. The highest BCUT2D eigenvalue weighted by Crippen LogP contribution is 2.34. The zero-order valence-corrected chi connectivity index (χ0v) is 16.2. The third-order valence-corrected chi connectivity index (χ3v) is 5.03. The summed E-state index contributed by atoms with van der Waals surface area (Å²) in [5.74, 6) is 1.98. The molecule has 9 heteroatoms. The molecule has 0 saturated carbocycles. The number of hydrogen-bond acceptors (Lipinski definition) is 7. The fourth-order valence-corrected chi connectivity index (χ4v) is 3.41. The van der Waals surface area contributed by atoms with Gasteiger partial charge in [0.2, 0.25) is 18.5 Å². The van der Waals surface area contributed by atoms with Crippen molar-refractivity contribution in [3.63, 3.8) is 0 Å². The number of nitrogens with zero attached hydrogens (tertiary/aromatic N) is 3. The molecule has 3 heterocycles. The lowest BCUT2D eigenvalue weighted by molar-refractivity contribution is 0.174. The fraction of sp³-hybridized carbons (Fsp3) is 0.238. The molecule has 9 nitrogen and oxygen atoms in total. The van der Waals surface area contributed by atoms with Gasteiger partial charge in [-0.05, 0) is 19.4 Å². The molecule has 1 N–H and O–H groups in total. The van der Waals surface area contributed by atoms with Crippen molar-refractivity contribution in [1.29, 1.82) is 0 Å². The SMILES string of the molecule is Cc1ccc(-c2noc(CCCn3c(=O)[nH]c4cc5c(cc4c3=O)OCO5)n2)cc1. The minimum atomic E-state index is -0.475. The van der Waals surface area contributed by atoms with E-state index >= 15 is 0 Å². The van der Waals surface area contributed by atoms with Gasteiger partial charge in [0.25, 0.3) is 5.56 Å². The Morgan fingerprint density at radius 1 is 1.10 bits per heavy atom. The lowest BCUT2D eigenvalue weighted by Gasteiger charge is -2.06. The second-order valence-electron chi connectivity index (χ2n) is 7.12. The molecule has 152 valence electrons. The maximum Gasteiger partial charge on any atom is 0.328 e. The topological polar surface area (TPSA) is 112 Å².